The van der Waals surface area contributed by atoms with Gasteiger partial charge in [-0.1, -0.05) is 0 Å². The van der Waals surface area contributed by atoms with Crippen molar-refractivity contribution >= 4 is 5.82 Å². The molecular formula is C15H24N4. The summed E-state index contributed by atoms with van der Waals surface area (Å²) in [6.45, 7) is 8.93. The first-order chi connectivity index (χ1) is 9.24. The standard InChI is InChI=1S/C15H24N4/c1-12-10-16-13(2)15(17-12)19-9-5-6-14(11-19)18-7-3-4-8-18/h10,14H,3-9,11H2,1-2H3. The summed E-state index contributed by atoms with van der Waals surface area (Å²) in [4.78, 5) is 14.3. The lowest BCUT2D eigenvalue weighted by atomic mass is 10.0. The van der Waals surface area contributed by atoms with Crippen molar-refractivity contribution in [2.24, 2.45) is 0 Å². The summed E-state index contributed by atoms with van der Waals surface area (Å²) in [6, 6.07) is 0.720. The average Bonchev–Trinajstić information content (AvgIpc) is 2.96. The SMILES string of the molecule is Cc1cnc(C)c(N2CCCC(N3CCCC3)C2)n1. The fourth-order valence-corrected chi connectivity index (χ4v) is 3.38. The summed E-state index contributed by atoms with van der Waals surface area (Å²) in [5, 5.41) is 0. The number of likely N-dealkylation sites (tertiary alicyclic amines) is 1. The first-order valence-electron chi connectivity index (χ1n) is 7.53. The second kappa shape index (κ2) is 5.45. The van der Waals surface area contributed by atoms with Gasteiger partial charge in [-0.25, -0.2) is 4.98 Å². The van der Waals surface area contributed by atoms with Gasteiger partial charge in [-0.2, -0.15) is 0 Å². The minimum absolute atomic E-state index is 0.720. The number of aromatic nitrogens is 2. The molecule has 0 aromatic carbocycles. The Morgan fingerprint density at radius 3 is 2.68 bits per heavy atom. The number of rotatable bonds is 2. The van der Waals surface area contributed by atoms with E-state index in [1.165, 1.54) is 38.8 Å². The van der Waals surface area contributed by atoms with Gasteiger partial charge < -0.3 is 4.90 Å². The molecule has 2 aliphatic rings. The first-order valence-corrected chi connectivity index (χ1v) is 7.53. The summed E-state index contributed by atoms with van der Waals surface area (Å²) >= 11 is 0. The molecule has 19 heavy (non-hydrogen) atoms. The highest BCUT2D eigenvalue weighted by atomic mass is 15.3. The van der Waals surface area contributed by atoms with Gasteiger partial charge in [-0.05, 0) is 52.6 Å². The van der Waals surface area contributed by atoms with Crippen molar-refractivity contribution < 1.29 is 0 Å². The zero-order valence-corrected chi connectivity index (χ0v) is 12.1. The molecule has 0 aliphatic carbocycles. The molecule has 4 heteroatoms. The van der Waals surface area contributed by atoms with Crippen LogP contribution in [0.25, 0.3) is 0 Å². The molecule has 0 spiro atoms. The van der Waals surface area contributed by atoms with Gasteiger partial charge in [0.25, 0.3) is 0 Å². The highest BCUT2D eigenvalue weighted by Gasteiger charge is 2.28. The van der Waals surface area contributed by atoms with Crippen LogP contribution in [0.5, 0.6) is 0 Å². The zero-order chi connectivity index (χ0) is 13.2. The van der Waals surface area contributed by atoms with Crippen LogP contribution in [0.4, 0.5) is 5.82 Å². The lowest BCUT2D eigenvalue weighted by molar-refractivity contribution is 0.215. The van der Waals surface area contributed by atoms with Crippen LogP contribution in [0.1, 0.15) is 37.1 Å². The lowest BCUT2D eigenvalue weighted by Crippen LogP contribution is -2.47. The van der Waals surface area contributed by atoms with Crippen molar-refractivity contribution in [3.05, 3.63) is 17.6 Å². The maximum Gasteiger partial charge on any atom is 0.150 e. The molecule has 1 aromatic heterocycles. The van der Waals surface area contributed by atoms with Crippen LogP contribution in [0.15, 0.2) is 6.20 Å². The van der Waals surface area contributed by atoms with Gasteiger partial charge in [0.15, 0.2) is 0 Å². The number of anilines is 1. The topological polar surface area (TPSA) is 32.3 Å². The molecule has 0 radical (unpaired) electrons. The predicted octanol–water partition coefficient (Wildman–Crippen LogP) is 2.16. The maximum atomic E-state index is 4.70. The fraction of sp³-hybridized carbons (Fsp3) is 0.733. The van der Waals surface area contributed by atoms with E-state index in [4.69, 9.17) is 4.98 Å². The first kappa shape index (κ1) is 12.9. The Labute approximate surface area is 115 Å². The van der Waals surface area contributed by atoms with E-state index in [1.807, 2.05) is 13.1 Å². The second-order valence-electron chi connectivity index (χ2n) is 5.91. The molecule has 3 rings (SSSR count). The van der Waals surface area contributed by atoms with Crippen molar-refractivity contribution in [1.29, 1.82) is 0 Å². The van der Waals surface area contributed by atoms with Crippen LogP contribution in [0.2, 0.25) is 0 Å². The van der Waals surface area contributed by atoms with Crippen LogP contribution in [-0.4, -0.2) is 47.1 Å². The molecule has 2 fully saturated rings. The number of piperidine rings is 1. The Morgan fingerprint density at radius 2 is 1.89 bits per heavy atom. The smallest absolute Gasteiger partial charge is 0.150 e. The average molecular weight is 260 g/mol. The van der Waals surface area contributed by atoms with E-state index in [1.54, 1.807) is 0 Å². The Balaban J connectivity index is 1.75. The van der Waals surface area contributed by atoms with Gasteiger partial charge in [0.2, 0.25) is 0 Å². The van der Waals surface area contributed by atoms with E-state index in [0.717, 1.165) is 36.3 Å². The van der Waals surface area contributed by atoms with E-state index in [9.17, 15) is 0 Å². The zero-order valence-electron chi connectivity index (χ0n) is 12.1. The number of hydrogen-bond donors (Lipinski definition) is 0. The van der Waals surface area contributed by atoms with Gasteiger partial charge in [-0.3, -0.25) is 9.88 Å². The van der Waals surface area contributed by atoms with E-state index >= 15 is 0 Å². The molecule has 0 saturated carbocycles. The molecule has 1 atom stereocenters. The van der Waals surface area contributed by atoms with Crippen LogP contribution in [0.3, 0.4) is 0 Å². The molecule has 0 N–H and O–H groups in total. The molecule has 0 bridgehead atoms. The Kier molecular flexibility index (Phi) is 3.69. The molecular weight excluding hydrogens is 236 g/mol. The second-order valence-corrected chi connectivity index (χ2v) is 5.91. The van der Waals surface area contributed by atoms with Crippen molar-refractivity contribution in [3.8, 4) is 0 Å². The van der Waals surface area contributed by atoms with E-state index in [-0.39, 0.29) is 0 Å². The number of hydrogen-bond acceptors (Lipinski definition) is 4. The summed E-state index contributed by atoms with van der Waals surface area (Å²) in [5.74, 6) is 1.10. The van der Waals surface area contributed by atoms with Gasteiger partial charge in [0.05, 0.1) is 11.4 Å². The summed E-state index contributed by atoms with van der Waals surface area (Å²) in [6.07, 6.45) is 7.23. The molecule has 4 nitrogen and oxygen atoms in total. The third-order valence-corrected chi connectivity index (χ3v) is 4.40. The van der Waals surface area contributed by atoms with Crippen LogP contribution >= 0.6 is 0 Å². The largest absolute Gasteiger partial charge is 0.354 e. The quantitative estimate of drug-likeness (QED) is 0.815. The van der Waals surface area contributed by atoms with E-state index < -0.39 is 0 Å². The molecule has 3 heterocycles. The monoisotopic (exact) mass is 260 g/mol. The van der Waals surface area contributed by atoms with E-state index in [0.29, 0.717) is 0 Å². The van der Waals surface area contributed by atoms with Crippen molar-refractivity contribution in [1.82, 2.24) is 14.9 Å². The molecule has 0 amide bonds. The lowest BCUT2D eigenvalue weighted by Gasteiger charge is -2.38. The predicted molar refractivity (Wildman–Crippen MR) is 77.5 cm³/mol. The minimum Gasteiger partial charge on any atom is -0.354 e. The Morgan fingerprint density at radius 1 is 1.11 bits per heavy atom. The van der Waals surface area contributed by atoms with E-state index in [2.05, 4.69) is 21.7 Å². The highest BCUT2D eigenvalue weighted by molar-refractivity contribution is 5.44. The number of nitrogens with zero attached hydrogens (tertiary/aromatic N) is 4. The molecule has 1 unspecified atom stereocenters. The van der Waals surface area contributed by atoms with Crippen molar-refractivity contribution in [2.45, 2.75) is 45.6 Å². The van der Waals surface area contributed by atoms with Crippen molar-refractivity contribution in [2.75, 3.05) is 31.1 Å². The van der Waals surface area contributed by atoms with Gasteiger partial charge in [-0.15, -0.1) is 0 Å². The van der Waals surface area contributed by atoms with Gasteiger partial charge in [0, 0.05) is 25.3 Å². The molecule has 2 saturated heterocycles. The third-order valence-electron chi connectivity index (χ3n) is 4.40. The minimum atomic E-state index is 0.720. The fourth-order valence-electron chi connectivity index (χ4n) is 3.38. The normalized spacial score (nSPS) is 24.9. The summed E-state index contributed by atoms with van der Waals surface area (Å²) < 4.78 is 0. The van der Waals surface area contributed by atoms with Gasteiger partial charge in [0.1, 0.15) is 5.82 Å². The molecule has 1 aromatic rings. The molecule has 104 valence electrons. The Hall–Kier alpha value is -1.16. The van der Waals surface area contributed by atoms with Crippen LogP contribution in [0, 0.1) is 13.8 Å². The Bertz CT molecular complexity index is 440. The third kappa shape index (κ3) is 2.73. The summed E-state index contributed by atoms with van der Waals surface area (Å²) in [5.41, 5.74) is 2.08. The molecule has 2 aliphatic heterocycles. The summed E-state index contributed by atoms with van der Waals surface area (Å²) in [7, 11) is 0. The van der Waals surface area contributed by atoms with Crippen LogP contribution in [-0.2, 0) is 0 Å². The van der Waals surface area contributed by atoms with Crippen LogP contribution < -0.4 is 4.90 Å². The number of aryl methyl sites for hydroxylation is 2. The van der Waals surface area contributed by atoms with Crippen molar-refractivity contribution in [3.63, 3.8) is 0 Å². The maximum absolute atomic E-state index is 4.70. The van der Waals surface area contributed by atoms with Gasteiger partial charge >= 0.3 is 0 Å². The highest BCUT2D eigenvalue weighted by Crippen LogP contribution is 2.25.